The van der Waals surface area contributed by atoms with Crippen molar-refractivity contribution in [3.05, 3.63) is 0 Å². The second-order valence-corrected chi connectivity index (χ2v) is 3.87. The maximum atomic E-state index is 11.7. The number of amides is 1. The summed E-state index contributed by atoms with van der Waals surface area (Å²) < 4.78 is 0. The Kier molecular flexibility index (Phi) is 4.26. The van der Waals surface area contributed by atoms with Gasteiger partial charge in [-0.2, -0.15) is 0 Å². The minimum atomic E-state index is 0.358. The van der Waals surface area contributed by atoms with Crippen molar-refractivity contribution in [1.82, 2.24) is 4.90 Å². The number of rotatable bonds is 4. The van der Waals surface area contributed by atoms with Gasteiger partial charge in [-0.25, -0.2) is 0 Å². The molecule has 1 rings (SSSR count). The van der Waals surface area contributed by atoms with Crippen LogP contribution in [0.15, 0.2) is 0 Å². The van der Waals surface area contributed by atoms with E-state index in [9.17, 15) is 4.79 Å². The van der Waals surface area contributed by atoms with Crippen molar-refractivity contribution in [2.45, 2.75) is 58.4 Å². The molecule has 0 atom stereocenters. The SMILES string of the molecule is CCCC(=O)N(CC)C1CCCC1. The summed E-state index contributed by atoms with van der Waals surface area (Å²) in [5.41, 5.74) is 0. The average molecular weight is 183 g/mol. The first-order valence-electron chi connectivity index (χ1n) is 5.59. The summed E-state index contributed by atoms with van der Waals surface area (Å²) in [6, 6.07) is 0.559. The molecule has 13 heavy (non-hydrogen) atoms. The first-order chi connectivity index (χ1) is 6.29. The van der Waals surface area contributed by atoms with Crippen molar-refractivity contribution in [1.29, 1.82) is 0 Å². The molecule has 1 saturated carbocycles. The Bertz CT molecular complexity index is 161. The third kappa shape index (κ3) is 2.71. The molecule has 0 saturated heterocycles. The Morgan fingerprint density at radius 1 is 1.31 bits per heavy atom. The summed E-state index contributed by atoms with van der Waals surface area (Å²) in [6.07, 6.45) is 6.76. The van der Waals surface area contributed by atoms with Gasteiger partial charge >= 0.3 is 0 Å². The van der Waals surface area contributed by atoms with Gasteiger partial charge in [0.1, 0.15) is 0 Å². The fourth-order valence-electron chi connectivity index (χ4n) is 2.21. The van der Waals surface area contributed by atoms with Gasteiger partial charge in [-0.1, -0.05) is 19.8 Å². The van der Waals surface area contributed by atoms with Gasteiger partial charge in [-0.3, -0.25) is 4.79 Å². The molecule has 0 aromatic carbocycles. The lowest BCUT2D eigenvalue weighted by Crippen LogP contribution is -2.38. The van der Waals surface area contributed by atoms with Crippen molar-refractivity contribution in [3.63, 3.8) is 0 Å². The molecular weight excluding hydrogens is 162 g/mol. The summed E-state index contributed by atoms with van der Waals surface area (Å²) >= 11 is 0. The van der Waals surface area contributed by atoms with Gasteiger partial charge in [-0.05, 0) is 26.2 Å². The summed E-state index contributed by atoms with van der Waals surface area (Å²) in [5, 5.41) is 0. The van der Waals surface area contributed by atoms with E-state index in [1.54, 1.807) is 0 Å². The van der Waals surface area contributed by atoms with Crippen molar-refractivity contribution < 1.29 is 4.79 Å². The number of hydrogen-bond acceptors (Lipinski definition) is 1. The second kappa shape index (κ2) is 5.25. The lowest BCUT2D eigenvalue weighted by Gasteiger charge is -2.27. The molecule has 1 fully saturated rings. The lowest BCUT2D eigenvalue weighted by molar-refractivity contribution is -0.133. The van der Waals surface area contributed by atoms with Crippen molar-refractivity contribution >= 4 is 5.91 Å². The minimum absolute atomic E-state index is 0.358. The van der Waals surface area contributed by atoms with Gasteiger partial charge in [0.2, 0.25) is 5.91 Å². The van der Waals surface area contributed by atoms with Gasteiger partial charge in [0.25, 0.3) is 0 Å². The Morgan fingerprint density at radius 3 is 2.38 bits per heavy atom. The van der Waals surface area contributed by atoms with Crippen LogP contribution in [0.5, 0.6) is 0 Å². The molecule has 0 spiro atoms. The van der Waals surface area contributed by atoms with Crippen LogP contribution in [0.3, 0.4) is 0 Å². The van der Waals surface area contributed by atoms with Crippen LogP contribution in [-0.4, -0.2) is 23.4 Å². The highest BCUT2D eigenvalue weighted by Gasteiger charge is 2.24. The van der Waals surface area contributed by atoms with Crippen LogP contribution in [0.2, 0.25) is 0 Å². The zero-order valence-electron chi connectivity index (χ0n) is 8.88. The first-order valence-corrected chi connectivity index (χ1v) is 5.59. The first kappa shape index (κ1) is 10.6. The Morgan fingerprint density at radius 2 is 1.92 bits per heavy atom. The summed E-state index contributed by atoms with van der Waals surface area (Å²) in [6.45, 7) is 5.05. The third-order valence-electron chi connectivity index (χ3n) is 2.89. The van der Waals surface area contributed by atoms with E-state index >= 15 is 0 Å². The van der Waals surface area contributed by atoms with E-state index in [0.29, 0.717) is 11.9 Å². The van der Waals surface area contributed by atoms with Crippen LogP contribution in [0, 0.1) is 0 Å². The second-order valence-electron chi connectivity index (χ2n) is 3.87. The highest BCUT2D eigenvalue weighted by Crippen LogP contribution is 2.23. The van der Waals surface area contributed by atoms with Crippen LogP contribution in [0.25, 0.3) is 0 Å². The highest BCUT2D eigenvalue weighted by atomic mass is 16.2. The Labute approximate surface area is 81.3 Å². The monoisotopic (exact) mass is 183 g/mol. The van der Waals surface area contributed by atoms with Crippen LogP contribution in [0.1, 0.15) is 52.4 Å². The summed E-state index contributed by atoms with van der Waals surface area (Å²) in [7, 11) is 0. The van der Waals surface area contributed by atoms with Gasteiger partial charge in [-0.15, -0.1) is 0 Å². The van der Waals surface area contributed by atoms with E-state index in [2.05, 4.69) is 18.7 Å². The molecule has 2 nitrogen and oxygen atoms in total. The fourth-order valence-corrected chi connectivity index (χ4v) is 2.21. The molecule has 0 aliphatic heterocycles. The third-order valence-corrected chi connectivity index (χ3v) is 2.89. The molecule has 0 aromatic heterocycles. The van der Waals surface area contributed by atoms with Gasteiger partial charge in [0.05, 0.1) is 0 Å². The topological polar surface area (TPSA) is 20.3 Å². The van der Waals surface area contributed by atoms with E-state index in [-0.39, 0.29) is 0 Å². The van der Waals surface area contributed by atoms with Crippen molar-refractivity contribution in [3.8, 4) is 0 Å². The number of nitrogens with zero attached hydrogens (tertiary/aromatic N) is 1. The molecule has 1 aliphatic rings. The number of carbonyl (C=O) groups is 1. The number of hydrogen-bond donors (Lipinski definition) is 0. The smallest absolute Gasteiger partial charge is 0.222 e. The van der Waals surface area contributed by atoms with Gasteiger partial charge in [0, 0.05) is 19.0 Å². The molecule has 0 N–H and O–H groups in total. The van der Waals surface area contributed by atoms with Crippen LogP contribution in [-0.2, 0) is 4.79 Å². The van der Waals surface area contributed by atoms with Gasteiger partial charge in [0.15, 0.2) is 0 Å². The minimum Gasteiger partial charge on any atom is -0.340 e. The predicted molar refractivity (Wildman–Crippen MR) is 54.6 cm³/mol. The molecule has 2 heteroatoms. The van der Waals surface area contributed by atoms with E-state index in [1.165, 1.54) is 25.7 Å². The average Bonchev–Trinajstić information content (AvgIpc) is 2.59. The summed E-state index contributed by atoms with van der Waals surface area (Å²) in [4.78, 5) is 13.8. The van der Waals surface area contributed by atoms with Crippen LogP contribution in [0.4, 0.5) is 0 Å². The van der Waals surface area contributed by atoms with Crippen LogP contribution < -0.4 is 0 Å². The Hall–Kier alpha value is -0.530. The van der Waals surface area contributed by atoms with Crippen molar-refractivity contribution in [2.75, 3.05) is 6.54 Å². The maximum absolute atomic E-state index is 11.7. The quantitative estimate of drug-likeness (QED) is 0.656. The molecule has 76 valence electrons. The van der Waals surface area contributed by atoms with Gasteiger partial charge < -0.3 is 4.90 Å². The van der Waals surface area contributed by atoms with E-state index in [0.717, 1.165) is 19.4 Å². The lowest BCUT2D eigenvalue weighted by atomic mass is 10.2. The standard InChI is InChI=1S/C11H21NO/c1-3-7-11(13)12(4-2)10-8-5-6-9-10/h10H,3-9H2,1-2H3. The van der Waals surface area contributed by atoms with Crippen LogP contribution >= 0.6 is 0 Å². The molecule has 0 bridgehead atoms. The predicted octanol–water partition coefficient (Wildman–Crippen LogP) is 2.58. The summed E-state index contributed by atoms with van der Waals surface area (Å²) in [5.74, 6) is 0.358. The molecule has 1 aliphatic carbocycles. The van der Waals surface area contributed by atoms with E-state index in [1.807, 2.05) is 0 Å². The van der Waals surface area contributed by atoms with E-state index < -0.39 is 0 Å². The fraction of sp³-hybridized carbons (Fsp3) is 0.909. The molecule has 1 amide bonds. The highest BCUT2D eigenvalue weighted by molar-refractivity contribution is 5.76. The largest absolute Gasteiger partial charge is 0.340 e. The zero-order valence-corrected chi connectivity index (χ0v) is 8.88. The molecule has 0 heterocycles. The maximum Gasteiger partial charge on any atom is 0.222 e. The molecule has 0 aromatic rings. The molecule has 0 unspecified atom stereocenters. The number of carbonyl (C=O) groups excluding carboxylic acids is 1. The molecular formula is C11H21NO. The van der Waals surface area contributed by atoms with E-state index in [4.69, 9.17) is 0 Å². The molecule has 0 radical (unpaired) electrons. The van der Waals surface area contributed by atoms with Crippen molar-refractivity contribution in [2.24, 2.45) is 0 Å². The normalized spacial score (nSPS) is 17.7. The Balaban J connectivity index is 2.44. The zero-order chi connectivity index (χ0) is 9.68.